The second-order valence-electron chi connectivity index (χ2n) is 4.70. The average molecular weight is 373 g/mol. The third kappa shape index (κ3) is 3.61. The minimum atomic E-state index is -0.0845. The van der Waals surface area contributed by atoms with Crippen LogP contribution in [-0.4, -0.2) is 10.9 Å². The first kappa shape index (κ1) is 14.9. The maximum absolute atomic E-state index is 12.0. The summed E-state index contributed by atoms with van der Waals surface area (Å²) in [5, 5.41) is 5.82. The highest BCUT2D eigenvalue weighted by Crippen LogP contribution is 2.25. The lowest BCUT2D eigenvalue weighted by Crippen LogP contribution is -2.22. The van der Waals surface area contributed by atoms with Crippen molar-refractivity contribution in [1.29, 1.82) is 0 Å². The molecule has 110 valence electrons. The molecule has 5 heteroatoms. The first-order valence-electron chi connectivity index (χ1n) is 6.76. The van der Waals surface area contributed by atoms with Crippen molar-refractivity contribution >= 4 is 33.2 Å². The van der Waals surface area contributed by atoms with Gasteiger partial charge in [-0.2, -0.15) is 0 Å². The fourth-order valence-corrected chi connectivity index (χ4v) is 3.07. The number of carbonyl (C=O) groups excluding carboxylic acids is 1. The molecule has 0 saturated heterocycles. The molecule has 0 saturated carbocycles. The molecule has 0 aliphatic heterocycles. The molecule has 0 unspecified atom stereocenters. The quantitative estimate of drug-likeness (QED) is 0.732. The summed E-state index contributed by atoms with van der Waals surface area (Å²) in [5.74, 6) is -0.0845. The Bertz CT molecular complexity index is 769. The van der Waals surface area contributed by atoms with Gasteiger partial charge in [-0.1, -0.05) is 46.3 Å². The zero-order chi connectivity index (χ0) is 15.4. The standard InChI is InChI=1S/C17H13BrN2OS/c18-14-8-6-13(7-9-14)17-20-15(11-22-17)10-19-16(21)12-4-2-1-3-5-12/h1-9,11H,10H2,(H,19,21). The van der Waals surface area contributed by atoms with Gasteiger partial charge in [-0.25, -0.2) is 4.98 Å². The van der Waals surface area contributed by atoms with E-state index in [1.165, 1.54) is 0 Å². The van der Waals surface area contributed by atoms with E-state index >= 15 is 0 Å². The first-order valence-corrected chi connectivity index (χ1v) is 8.43. The minimum Gasteiger partial charge on any atom is -0.346 e. The molecule has 1 amide bonds. The average Bonchev–Trinajstić information content (AvgIpc) is 3.03. The molecule has 0 radical (unpaired) electrons. The number of rotatable bonds is 4. The highest BCUT2D eigenvalue weighted by molar-refractivity contribution is 9.10. The molecule has 0 atom stereocenters. The van der Waals surface area contributed by atoms with Crippen LogP contribution in [0.4, 0.5) is 0 Å². The van der Waals surface area contributed by atoms with E-state index in [0.29, 0.717) is 12.1 Å². The number of hydrogen-bond donors (Lipinski definition) is 1. The van der Waals surface area contributed by atoms with Crippen molar-refractivity contribution in [2.45, 2.75) is 6.54 Å². The molecule has 0 aliphatic rings. The topological polar surface area (TPSA) is 42.0 Å². The lowest BCUT2D eigenvalue weighted by atomic mass is 10.2. The van der Waals surface area contributed by atoms with E-state index in [9.17, 15) is 4.79 Å². The number of halogens is 1. The van der Waals surface area contributed by atoms with Gasteiger partial charge in [-0.3, -0.25) is 4.79 Å². The van der Waals surface area contributed by atoms with Crippen LogP contribution >= 0.6 is 27.3 Å². The number of hydrogen-bond acceptors (Lipinski definition) is 3. The van der Waals surface area contributed by atoms with E-state index in [1.54, 1.807) is 23.5 Å². The fourth-order valence-electron chi connectivity index (χ4n) is 1.98. The highest BCUT2D eigenvalue weighted by atomic mass is 79.9. The molecule has 3 rings (SSSR count). The maximum atomic E-state index is 12.0. The Balaban J connectivity index is 1.65. The fraction of sp³-hybridized carbons (Fsp3) is 0.0588. The summed E-state index contributed by atoms with van der Waals surface area (Å²) in [6.07, 6.45) is 0. The molecule has 0 bridgehead atoms. The monoisotopic (exact) mass is 372 g/mol. The highest BCUT2D eigenvalue weighted by Gasteiger charge is 2.07. The van der Waals surface area contributed by atoms with Gasteiger partial charge < -0.3 is 5.32 Å². The third-order valence-corrected chi connectivity index (χ3v) is 4.58. The van der Waals surface area contributed by atoms with Crippen LogP contribution in [0.3, 0.4) is 0 Å². The molecule has 0 aliphatic carbocycles. The Hall–Kier alpha value is -1.98. The Morgan fingerprint density at radius 2 is 1.82 bits per heavy atom. The van der Waals surface area contributed by atoms with Gasteiger partial charge in [0.2, 0.25) is 0 Å². The summed E-state index contributed by atoms with van der Waals surface area (Å²) in [5.41, 5.74) is 2.60. The van der Waals surface area contributed by atoms with Gasteiger partial charge in [0.15, 0.2) is 0 Å². The van der Waals surface area contributed by atoms with Crippen molar-refractivity contribution in [2.24, 2.45) is 0 Å². The number of benzene rings is 2. The molecular weight excluding hydrogens is 360 g/mol. The molecule has 1 aromatic heterocycles. The molecule has 1 N–H and O–H groups in total. The van der Waals surface area contributed by atoms with Crippen LogP contribution in [0.5, 0.6) is 0 Å². The Labute approximate surface area is 141 Å². The van der Waals surface area contributed by atoms with Crippen molar-refractivity contribution in [3.8, 4) is 10.6 Å². The minimum absolute atomic E-state index is 0.0845. The second kappa shape index (κ2) is 6.85. The van der Waals surface area contributed by atoms with Crippen molar-refractivity contribution in [3.05, 3.63) is 75.7 Å². The lowest BCUT2D eigenvalue weighted by Gasteiger charge is -2.02. The van der Waals surface area contributed by atoms with Crippen LogP contribution in [0, 0.1) is 0 Å². The lowest BCUT2D eigenvalue weighted by molar-refractivity contribution is 0.0950. The Morgan fingerprint density at radius 3 is 2.55 bits per heavy atom. The SMILES string of the molecule is O=C(NCc1csc(-c2ccc(Br)cc2)n1)c1ccccc1. The zero-order valence-corrected chi connectivity index (χ0v) is 14.0. The second-order valence-corrected chi connectivity index (χ2v) is 6.47. The van der Waals surface area contributed by atoms with Crippen LogP contribution in [-0.2, 0) is 6.54 Å². The van der Waals surface area contributed by atoms with Crippen LogP contribution < -0.4 is 5.32 Å². The number of nitrogens with zero attached hydrogens (tertiary/aromatic N) is 1. The normalized spacial score (nSPS) is 10.4. The van der Waals surface area contributed by atoms with E-state index in [4.69, 9.17) is 0 Å². The van der Waals surface area contributed by atoms with Gasteiger partial charge in [0, 0.05) is 21.0 Å². The number of amides is 1. The number of carbonyl (C=O) groups is 1. The predicted octanol–water partition coefficient (Wildman–Crippen LogP) is 4.50. The van der Waals surface area contributed by atoms with E-state index in [0.717, 1.165) is 20.7 Å². The van der Waals surface area contributed by atoms with Gasteiger partial charge in [-0.15, -0.1) is 11.3 Å². The summed E-state index contributed by atoms with van der Waals surface area (Å²) in [6.45, 7) is 0.431. The van der Waals surface area contributed by atoms with Gasteiger partial charge in [0.25, 0.3) is 5.91 Å². The first-order chi connectivity index (χ1) is 10.7. The van der Waals surface area contributed by atoms with Crippen molar-refractivity contribution in [2.75, 3.05) is 0 Å². The summed E-state index contributed by atoms with van der Waals surface area (Å²) >= 11 is 5.00. The number of aromatic nitrogens is 1. The third-order valence-electron chi connectivity index (χ3n) is 3.11. The molecular formula is C17H13BrN2OS. The smallest absolute Gasteiger partial charge is 0.251 e. The summed E-state index contributed by atoms with van der Waals surface area (Å²) in [6, 6.07) is 17.2. The van der Waals surface area contributed by atoms with Gasteiger partial charge in [0.05, 0.1) is 12.2 Å². The van der Waals surface area contributed by atoms with E-state index in [-0.39, 0.29) is 5.91 Å². The van der Waals surface area contributed by atoms with E-state index in [1.807, 2.05) is 47.8 Å². The van der Waals surface area contributed by atoms with Gasteiger partial charge in [0.1, 0.15) is 5.01 Å². The largest absolute Gasteiger partial charge is 0.346 e. The molecule has 2 aromatic carbocycles. The van der Waals surface area contributed by atoms with Crippen LogP contribution in [0.15, 0.2) is 64.5 Å². The Kier molecular flexibility index (Phi) is 4.65. The van der Waals surface area contributed by atoms with Gasteiger partial charge in [-0.05, 0) is 24.3 Å². The van der Waals surface area contributed by atoms with Gasteiger partial charge >= 0.3 is 0 Å². The maximum Gasteiger partial charge on any atom is 0.251 e. The molecule has 3 nitrogen and oxygen atoms in total. The molecule has 22 heavy (non-hydrogen) atoms. The number of nitrogens with one attached hydrogen (secondary N) is 1. The number of thiazole rings is 1. The van der Waals surface area contributed by atoms with Crippen molar-refractivity contribution < 1.29 is 4.79 Å². The summed E-state index contributed by atoms with van der Waals surface area (Å²) in [4.78, 5) is 16.6. The molecule has 0 spiro atoms. The predicted molar refractivity (Wildman–Crippen MR) is 92.9 cm³/mol. The van der Waals surface area contributed by atoms with Crippen LogP contribution in [0.2, 0.25) is 0 Å². The van der Waals surface area contributed by atoms with Crippen LogP contribution in [0.25, 0.3) is 10.6 Å². The van der Waals surface area contributed by atoms with Crippen molar-refractivity contribution in [3.63, 3.8) is 0 Å². The molecule has 1 heterocycles. The molecule has 0 fully saturated rings. The van der Waals surface area contributed by atoms with E-state index < -0.39 is 0 Å². The zero-order valence-electron chi connectivity index (χ0n) is 11.6. The van der Waals surface area contributed by atoms with Crippen LogP contribution in [0.1, 0.15) is 16.1 Å². The van der Waals surface area contributed by atoms with E-state index in [2.05, 4.69) is 26.2 Å². The Morgan fingerprint density at radius 1 is 1.09 bits per heavy atom. The summed E-state index contributed by atoms with van der Waals surface area (Å²) < 4.78 is 1.04. The molecule has 3 aromatic rings. The summed E-state index contributed by atoms with van der Waals surface area (Å²) in [7, 11) is 0. The van der Waals surface area contributed by atoms with Crippen molar-refractivity contribution in [1.82, 2.24) is 10.3 Å².